The second-order valence-electron chi connectivity index (χ2n) is 4.92. The lowest BCUT2D eigenvalue weighted by molar-refractivity contribution is -0.140. The fourth-order valence-electron chi connectivity index (χ4n) is 2.66. The van der Waals surface area contributed by atoms with Crippen LogP contribution < -0.4 is 5.73 Å². The van der Waals surface area contributed by atoms with Gasteiger partial charge in [-0.1, -0.05) is 26.1 Å². The first kappa shape index (κ1) is 14.0. The number of hydrogen-bond acceptors (Lipinski definition) is 3. The topological polar surface area (TPSA) is 64.2 Å². The third-order valence-corrected chi connectivity index (χ3v) is 4.51. The third kappa shape index (κ3) is 2.25. The molecule has 0 spiro atoms. The van der Waals surface area contributed by atoms with Crippen LogP contribution in [0.4, 0.5) is 0 Å². The Bertz CT molecular complexity index is 493. The molecule has 6 heteroatoms. The fraction of sp³-hybridized carbons (Fsp3) is 0.615. The Morgan fingerprint density at radius 2 is 2.16 bits per heavy atom. The molecule has 0 unspecified atom stereocenters. The van der Waals surface area contributed by atoms with E-state index >= 15 is 0 Å². The molecule has 2 N–H and O–H groups in total. The molecule has 1 aliphatic heterocycles. The first-order valence-electron chi connectivity index (χ1n) is 6.64. The highest BCUT2D eigenvalue weighted by molar-refractivity contribution is 7.80. The summed E-state index contributed by atoms with van der Waals surface area (Å²) in [6.45, 7) is 5.93. The van der Waals surface area contributed by atoms with Crippen LogP contribution >= 0.6 is 12.2 Å². The third-order valence-electron chi connectivity index (χ3n) is 4.12. The number of nitrogens with zero attached hydrogens (tertiary/aromatic N) is 3. The van der Waals surface area contributed by atoms with Crippen LogP contribution in [-0.2, 0) is 17.9 Å². The zero-order valence-electron chi connectivity index (χ0n) is 11.4. The van der Waals surface area contributed by atoms with Crippen LogP contribution in [0, 0.1) is 5.41 Å². The Morgan fingerprint density at radius 3 is 2.74 bits per heavy atom. The van der Waals surface area contributed by atoms with Crippen molar-refractivity contribution >= 4 is 23.1 Å². The minimum Gasteiger partial charge on any atom is -0.392 e. The number of fused-ring (bicyclic) bond motifs is 1. The standard InChI is InChI=1S/C13H20N4OS/c1-3-13(4-2,11(14)19)12(18)17-8-7-16-6-5-15-10(16)9-17/h5-6H,3-4,7-9H2,1-2H3,(H2,14,19). The minimum atomic E-state index is -0.704. The number of carbonyl (C=O) groups is 1. The quantitative estimate of drug-likeness (QED) is 0.845. The van der Waals surface area contributed by atoms with Crippen molar-refractivity contribution in [3.05, 3.63) is 18.2 Å². The van der Waals surface area contributed by atoms with E-state index in [0.717, 1.165) is 12.4 Å². The zero-order chi connectivity index (χ0) is 14.0. The van der Waals surface area contributed by atoms with Gasteiger partial charge < -0.3 is 15.2 Å². The average Bonchev–Trinajstić information content (AvgIpc) is 2.87. The number of rotatable bonds is 4. The van der Waals surface area contributed by atoms with Gasteiger partial charge in [0.2, 0.25) is 5.91 Å². The molecule has 0 bridgehead atoms. The number of nitrogens with two attached hydrogens (primary N) is 1. The van der Waals surface area contributed by atoms with Crippen LogP contribution in [0.3, 0.4) is 0 Å². The van der Waals surface area contributed by atoms with Gasteiger partial charge in [-0.15, -0.1) is 0 Å². The molecule has 0 aliphatic carbocycles. The van der Waals surface area contributed by atoms with Gasteiger partial charge in [0, 0.05) is 25.5 Å². The van der Waals surface area contributed by atoms with Crippen molar-refractivity contribution < 1.29 is 4.79 Å². The maximum Gasteiger partial charge on any atom is 0.236 e. The summed E-state index contributed by atoms with van der Waals surface area (Å²) in [5.74, 6) is 0.961. The summed E-state index contributed by atoms with van der Waals surface area (Å²) in [7, 11) is 0. The summed E-state index contributed by atoms with van der Waals surface area (Å²) in [6.07, 6.45) is 4.99. The Labute approximate surface area is 118 Å². The summed E-state index contributed by atoms with van der Waals surface area (Å²) in [5, 5.41) is 0. The van der Waals surface area contributed by atoms with E-state index in [9.17, 15) is 4.79 Å². The van der Waals surface area contributed by atoms with Crippen LogP contribution in [0.25, 0.3) is 0 Å². The lowest BCUT2D eigenvalue weighted by Crippen LogP contribution is -2.51. The molecule has 0 atom stereocenters. The predicted octanol–water partition coefficient (Wildman–Crippen LogP) is 1.32. The SMILES string of the molecule is CCC(CC)(C(=O)N1CCn2ccnc2C1)C(N)=S. The second kappa shape index (κ2) is 5.28. The Kier molecular flexibility index (Phi) is 3.89. The number of aromatic nitrogens is 2. The molecule has 19 heavy (non-hydrogen) atoms. The van der Waals surface area contributed by atoms with Gasteiger partial charge in [0.1, 0.15) is 5.82 Å². The molecule has 2 heterocycles. The van der Waals surface area contributed by atoms with Gasteiger partial charge in [0.25, 0.3) is 0 Å². The van der Waals surface area contributed by atoms with Crippen LogP contribution in [0.1, 0.15) is 32.5 Å². The maximum atomic E-state index is 12.8. The maximum absolute atomic E-state index is 12.8. The Morgan fingerprint density at radius 1 is 1.47 bits per heavy atom. The highest BCUT2D eigenvalue weighted by atomic mass is 32.1. The molecule has 104 valence electrons. The molecule has 0 saturated heterocycles. The fourth-order valence-corrected chi connectivity index (χ4v) is 3.03. The van der Waals surface area contributed by atoms with Crippen molar-refractivity contribution in [2.75, 3.05) is 6.54 Å². The van der Waals surface area contributed by atoms with Crippen LogP contribution in [0.15, 0.2) is 12.4 Å². The average molecular weight is 280 g/mol. The van der Waals surface area contributed by atoms with E-state index < -0.39 is 5.41 Å². The van der Waals surface area contributed by atoms with E-state index in [4.69, 9.17) is 18.0 Å². The van der Waals surface area contributed by atoms with Gasteiger partial charge in [-0.2, -0.15) is 0 Å². The molecule has 5 nitrogen and oxygen atoms in total. The van der Waals surface area contributed by atoms with Crippen molar-refractivity contribution in [3.63, 3.8) is 0 Å². The predicted molar refractivity (Wildman–Crippen MR) is 77.4 cm³/mol. The molecule has 1 aliphatic rings. The first-order valence-corrected chi connectivity index (χ1v) is 7.05. The number of imidazole rings is 1. The van der Waals surface area contributed by atoms with Gasteiger partial charge >= 0.3 is 0 Å². The molecule has 1 aromatic heterocycles. The largest absolute Gasteiger partial charge is 0.392 e. The first-order chi connectivity index (χ1) is 9.05. The molecule has 0 aromatic carbocycles. The van der Waals surface area contributed by atoms with Gasteiger partial charge in [-0.3, -0.25) is 4.79 Å². The summed E-state index contributed by atoms with van der Waals surface area (Å²) in [4.78, 5) is 19.2. The van der Waals surface area contributed by atoms with Crippen molar-refractivity contribution in [2.24, 2.45) is 11.1 Å². The van der Waals surface area contributed by atoms with Crippen molar-refractivity contribution in [1.29, 1.82) is 0 Å². The van der Waals surface area contributed by atoms with Crippen LogP contribution in [-0.4, -0.2) is 31.9 Å². The monoisotopic (exact) mass is 280 g/mol. The summed E-state index contributed by atoms with van der Waals surface area (Å²) in [5.41, 5.74) is 5.13. The van der Waals surface area contributed by atoms with Gasteiger partial charge in [-0.05, 0) is 12.8 Å². The highest BCUT2D eigenvalue weighted by Gasteiger charge is 2.41. The minimum absolute atomic E-state index is 0.0410. The molecule has 2 rings (SSSR count). The van der Waals surface area contributed by atoms with E-state index in [2.05, 4.69) is 9.55 Å². The zero-order valence-corrected chi connectivity index (χ0v) is 12.2. The van der Waals surface area contributed by atoms with Crippen molar-refractivity contribution in [2.45, 2.75) is 39.8 Å². The van der Waals surface area contributed by atoms with Gasteiger partial charge in [0.05, 0.1) is 16.9 Å². The lowest BCUT2D eigenvalue weighted by atomic mass is 9.80. The van der Waals surface area contributed by atoms with Crippen molar-refractivity contribution in [3.8, 4) is 0 Å². The van der Waals surface area contributed by atoms with E-state index in [1.54, 1.807) is 6.20 Å². The van der Waals surface area contributed by atoms with E-state index in [1.165, 1.54) is 0 Å². The summed E-state index contributed by atoms with van der Waals surface area (Å²) in [6, 6.07) is 0. The van der Waals surface area contributed by atoms with Crippen LogP contribution in [0.5, 0.6) is 0 Å². The van der Waals surface area contributed by atoms with E-state index in [-0.39, 0.29) is 5.91 Å². The molecule has 1 amide bonds. The number of carbonyl (C=O) groups excluding carboxylic acids is 1. The van der Waals surface area contributed by atoms with E-state index in [1.807, 2.05) is 24.9 Å². The molecule has 0 radical (unpaired) electrons. The Balaban J connectivity index is 2.23. The molecule has 0 saturated carbocycles. The van der Waals surface area contributed by atoms with Gasteiger partial charge in [0.15, 0.2) is 0 Å². The van der Waals surface area contributed by atoms with Crippen LogP contribution in [0.2, 0.25) is 0 Å². The highest BCUT2D eigenvalue weighted by Crippen LogP contribution is 2.31. The van der Waals surface area contributed by atoms with E-state index in [0.29, 0.717) is 30.9 Å². The molecule has 0 fully saturated rings. The second-order valence-corrected chi connectivity index (χ2v) is 5.36. The molecular formula is C13H20N4OS. The number of thiocarbonyl (C=S) groups is 1. The smallest absolute Gasteiger partial charge is 0.236 e. The molecular weight excluding hydrogens is 260 g/mol. The Hall–Kier alpha value is -1.43. The van der Waals surface area contributed by atoms with Crippen molar-refractivity contribution in [1.82, 2.24) is 14.5 Å². The van der Waals surface area contributed by atoms with Gasteiger partial charge in [-0.25, -0.2) is 4.98 Å². The molecule has 1 aromatic rings. The summed E-state index contributed by atoms with van der Waals surface area (Å²) >= 11 is 5.14. The number of amides is 1. The lowest BCUT2D eigenvalue weighted by Gasteiger charge is -2.37. The number of hydrogen-bond donors (Lipinski definition) is 1. The normalized spacial score (nSPS) is 15.2. The summed E-state index contributed by atoms with van der Waals surface area (Å²) < 4.78 is 2.07.